The van der Waals surface area contributed by atoms with Gasteiger partial charge in [0.25, 0.3) is 0 Å². The number of methoxy groups -OCH3 is 4. The van der Waals surface area contributed by atoms with Crippen molar-refractivity contribution in [2.24, 2.45) is 0 Å². The van der Waals surface area contributed by atoms with Gasteiger partial charge in [-0.3, -0.25) is 4.79 Å². The zero-order valence-electron chi connectivity index (χ0n) is 24.5. The molecule has 44 heavy (non-hydrogen) atoms. The first-order valence-corrected chi connectivity index (χ1v) is 13.6. The van der Waals surface area contributed by atoms with E-state index >= 15 is 8.78 Å². The first kappa shape index (κ1) is 28.9. The zero-order valence-corrected chi connectivity index (χ0v) is 24.5. The van der Waals surface area contributed by atoms with Crippen LogP contribution in [-0.2, 0) is 5.60 Å². The predicted octanol–water partition coefficient (Wildman–Crippen LogP) is 8.00. The summed E-state index contributed by atoms with van der Waals surface area (Å²) >= 11 is 0. The highest BCUT2D eigenvalue weighted by atomic mass is 19.1. The average Bonchev–Trinajstić information content (AvgIpc) is 3.02. The molecule has 5 aromatic rings. The van der Waals surface area contributed by atoms with E-state index < -0.39 is 28.6 Å². The normalized spacial score (nSPS) is 15.5. The minimum Gasteiger partial charge on any atom is -0.497 e. The molecular weight excluding hydrogens is 573 g/mol. The lowest BCUT2D eigenvalue weighted by molar-refractivity contribution is 0.101. The van der Waals surface area contributed by atoms with Crippen molar-refractivity contribution in [2.45, 2.75) is 12.5 Å². The molecule has 0 radical (unpaired) electrons. The van der Waals surface area contributed by atoms with Gasteiger partial charge < -0.3 is 23.7 Å². The van der Waals surface area contributed by atoms with Gasteiger partial charge in [0, 0.05) is 29.1 Å². The molecule has 0 amide bonds. The van der Waals surface area contributed by atoms with Crippen molar-refractivity contribution in [2.75, 3.05) is 28.4 Å². The monoisotopic (exact) mass is 600 g/mol. The van der Waals surface area contributed by atoms with Gasteiger partial charge in [-0.1, -0.05) is 6.07 Å². The molecule has 1 aliphatic rings. The highest BCUT2D eigenvalue weighted by molar-refractivity contribution is 6.04. The number of Topliss-reactive ketones (excluding diaryl/α,β-unsaturated/α-hetero) is 1. The Kier molecular flexibility index (Phi) is 7.11. The van der Waals surface area contributed by atoms with Crippen LogP contribution >= 0.6 is 0 Å². The minimum atomic E-state index is -1.98. The summed E-state index contributed by atoms with van der Waals surface area (Å²) < 4.78 is 74.9. The van der Waals surface area contributed by atoms with Crippen molar-refractivity contribution in [3.05, 3.63) is 106 Å². The Balaban J connectivity index is 1.72. The smallest absolute Gasteiger partial charge is 0.187 e. The molecule has 5 aromatic carbocycles. The SMILES string of the molecule is COc1ccc2c(C3(c4c(F)cc(F)cc4F)C=Cc4c(ccc5cc(C(C)=O)c(OC)cc45)O3)c(OC)cc(OC)c2c1. The average molecular weight is 601 g/mol. The Labute approximate surface area is 251 Å². The predicted molar refractivity (Wildman–Crippen MR) is 161 cm³/mol. The fraction of sp³-hybridized carbons (Fsp3) is 0.171. The van der Waals surface area contributed by atoms with Gasteiger partial charge in [-0.2, -0.15) is 0 Å². The second-order valence-electron chi connectivity index (χ2n) is 10.3. The summed E-state index contributed by atoms with van der Waals surface area (Å²) in [5.74, 6) is -1.72. The van der Waals surface area contributed by atoms with Crippen molar-refractivity contribution < 1.29 is 41.7 Å². The van der Waals surface area contributed by atoms with E-state index in [0.717, 1.165) is 5.39 Å². The molecule has 6 nitrogen and oxygen atoms in total. The van der Waals surface area contributed by atoms with Crippen LogP contribution in [-0.4, -0.2) is 34.2 Å². The number of carbonyl (C=O) groups excluding carboxylic acids is 1. The molecule has 0 aliphatic carbocycles. The van der Waals surface area contributed by atoms with Gasteiger partial charge >= 0.3 is 0 Å². The molecular formula is C35H27F3O6. The fourth-order valence-electron chi connectivity index (χ4n) is 5.95. The largest absolute Gasteiger partial charge is 0.497 e. The molecule has 0 spiro atoms. The number of halogens is 3. The van der Waals surface area contributed by atoms with Gasteiger partial charge in [-0.05, 0) is 71.6 Å². The van der Waals surface area contributed by atoms with E-state index in [-0.39, 0.29) is 22.8 Å². The molecule has 6 rings (SSSR count). The standard InChI is InChI=1S/C35H27F3O6/c1-18(39)24-12-19-6-9-29-22(25(19)16-30(24)41-3)10-11-35(44-29,34-27(37)13-20(36)14-28(34)38)33-23-8-7-21(40-2)15-26(23)31(42-4)17-32(33)43-5/h6-17H,1-5H3. The van der Waals surface area contributed by atoms with Gasteiger partial charge in [-0.25, -0.2) is 13.2 Å². The molecule has 0 saturated heterocycles. The van der Waals surface area contributed by atoms with Crippen LogP contribution in [0.5, 0.6) is 28.7 Å². The maximum atomic E-state index is 15.8. The molecule has 1 aliphatic heterocycles. The van der Waals surface area contributed by atoms with Gasteiger partial charge in [0.1, 0.15) is 46.2 Å². The number of ketones is 1. The number of rotatable bonds is 7. The lowest BCUT2D eigenvalue weighted by Gasteiger charge is -2.38. The molecule has 1 atom stereocenters. The van der Waals surface area contributed by atoms with Crippen LogP contribution in [0, 0.1) is 17.5 Å². The number of fused-ring (bicyclic) bond motifs is 4. The summed E-state index contributed by atoms with van der Waals surface area (Å²) in [5.41, 5.74) is -1.25. The van der Waals surface area contributed by atoms with Gasteiger partial charge in [0.2, 0.25) is 0 Å². The van der Waals surface area contributed by atoms with Crippen molar-refractivity contribution in [3.8, 4) is 28.7 Å². The third-order valence-electron chi connectivity index (χ3n) is 7.94. The van der Waals surface area contributed by atoms with Crippen molar-refractivity contribution in [1.29, 1.82) is 0 Å². The molecule has 0 saturated carbocycles. The molecule has 9 heteroatoms. The zero-order chi connectivity index (χ0) is 31.3. The summed E-state index contributed by atoms with van der Waals surface area (Å²) in [6.07, 6.45) is 3.21. The minimum absolute atomic E-state index is 0.162. The van der Waals surface area contributed by atoms with E-state index in [1.54, 1.807) is 54.6 Å². The first-order chi connectivity index (χ1) is 21.1. The summed E-state index contributed by atoms with van der Waals surface area (Å²) in [5, 5.41) is 2.47. The lowest BCUT2D eigenvalue weighted by Crippen LogP contribution is -2.37. The maximum absolute atomic E-state index is 15.8. The summed E-state index contributed by atoms with van der Waals surface area (Å²) in [4.78, 5) is 12.3. The number of ether oxygens (including phenoxy) is 5. The second-order valence-corrected chi connectivity index (χ2v) is 10.3. The van der Waals surface area contributed by atoms with Crippen LogP contribution in [0.15, 0.2) is 66.7 Å². The van der Waals surface area contributed by atoms with E-state index in [2.05, 4.69) is 0 Å². The van der Waals surface area contributed by atoms with E-state index in [9.17, 15) is 9.18 Å². The number of carbonyl (C=O) groups is 1. The molecule has 0 bridgehead atoms. The van der Waals surface area contributed by atoms with Crippen molar-refractivity contribution in [1.82, 2.24) is 0 Å². The molecule has 0 aromatic heterocycles. The van der Waals surface area contributed by atoms with Crippen LogP contribution in [0.1, 0.15) is 34.0 Å². The Bertz CT molecular complexity index is 2000. The highest BCUT2D eigenvalue weighted by Crippen LogP contribution is 2.52. The van der Waals surface area contributed by atoms with E-state index in [0.29, 0.717) is 56.7 Å². The van der Waals surface area contributed by atoms with E-state index in [4.69, 9.17) is 23.7 Å². The molecule has 1 unspecified atom stereocenters. The fourth-order valence-corrected chi connectivity index (χ4v) is 5.95. The Morgan fingerprint density at radius 1 is 0.705 bits per heavy atom. The third kappa shape index (κ3) is 4.38. The Morgan fingerprint density at radius 3 is 2.05 bits per heavy atom. The highest BCUT2D eigenvalue weighted by Gasteiger charge is 2.46. The summed E-state index contributed by atoms with van der Waals surface area (Å²) in [6.45, 7) is 1.45. The molecule has 0 N–H and O–H groups in total. The Hall–Kier alpha value is -5.18. The Morgan fingerprint density at radius 2 is 1.41 bits per heavy atom. The van der Waals surface area contributed by atoms with Gasteiger partial charge in [0.05, 0.1) is 45.1 Å². The molecule has 0 fully saturated rings. The third-order valence-corrected chi connectivity index (χ3v) is 7.94. The number of benzene rings is 5. The second kappa shape index (κ2) is 10.8. The number of hydrogen-bond donors (Lipinski definition) is 0. The summed E-state index contributed by atoms with van der Waals surface area (Å²) in [7, 11) is 5.90. The van der Waals surface area contributed by atoms with Crippen LogP contribution in [0.3, 0.4) is 0 Å². The van der Waals surface area contributed by atoms with Crippen LogP contribution in [0.25, 0.3) is 27.6 Å². The molecule has 224 valence electrons. The van der Waals surface area contributed by atoms with Gasteiger partial charge in [0.15, 0.2) is 11.4 Å². The first-order valence-electron chi connectivity index (χ1n) is 13.6. The quantitative estimate of drug-likeness (QED) is 0.177. The van der Waals surface area contributed by atoms with Crippen LogP contribution < -0.4 is 23.7 Å². The maximum Gasteiger partial charge on any atom is 0.187 e. The molecule has 1 heterocycles. The lowest BCUT2D eigenvalue weighted by atomic mass is 9.79. The van der Waals surface area contributed by atoms with Crippen LogP contribution in [0.4, 0.5) is 13.2 Å². The van der Waals surface area contributed by atoms with Crippen molar-refractivity contribution in [3.63, 3.8) is 0 Å². The topological polar surface area (TPSA) is 63.2 Å². The van der Waals surface area contributed by atoms with Crippen LogP contribution in [0.2, 0.25) is 0 Å². The van der Waals surface area contributed by atoms with E-state index in [1.807, 2.05) is 0 Å². The van der Waals surface area contributed by atoms with Crippen molar-refractivity contribution >= 4 is 33.4 Å². The summed E-state index contributed by atoms with van der Waals surface area (Å²) in [6, 6.07) is 14.8. The van der Waals surface area contributed by atoms with E-state index in [1.165, 1.54) is 41.4 Å². The number of hydrogen-bond acceptors (Lipinski definition) is 6. The van der Waals surface area contributed by atoms with Gasteiger partial charge in [-0.15, -0.1) is 0 Å².